The number of hydrogen-bond donors (Lipinski definition) is 1. The van der Waals surface area contributed by atoms with Crippen LogP contribution >= 0.6 is 0 Å². The highest BCUT2D eigenvalue weighted by Gasteiger charge is 2.05. The number of hydrogen-bond acceptors (Lipinski definition) is 4. The van der Waals surface area contributed by atoms with Crippen LogP contribution in [0.15, 0.2) is 10.1 Å². The summed E-state index contributed by atoms with van der Waals surface area (Å²) in [6.07, 6.45) is 0.370. The lowest BCUT2D eigenvalue weighted by atomic mass is 10.2. The summed E-state index contributed by atoms with van der Waals surface area (Å²) >= 11 is 0. The molecule has 0 rings (SSSR count). The molecule has 0 heterocycles. The molecule has 1 N–H and O–H groups in total. The third kappa shape index (κ3) is 9.05. The Morgan fingerprint density at radius 2 is 1.62 bits per heavy atom. The summed E-state index contributed by atoms with van der Waals surface area (Å²) < 4.78 is 0. The lowest BCUT2D eigenvalue weighted by molar-refractivity contribution is -0.124. The second kappa shape index (κ2) is 7.73. The average molecular weight is 225 g/mol. The predicted molar refractivity (Wildman–Crippen MR) is 64.8 cm³/mol. The second-order valence-corrected chi connectivity index (χ2v) is 3.90. The number of hydrazone groups is 1. The minimum atomic E-state index is -0.244. The van der Waals surface area contributed by atoms with Gasteiger partial charge in [-0.05, 0) is 27.7 Å². The van der Waals surface area contributed by atoms with Gasteiger partial charge >= 0.3 is 0 Å². The SMILES string of the molecule is CC(C)=NCC(=O)CCC(=O)NN=C(C)C. The molecular weight excluding hydrogens is 206 g/mol. The molecule has 5 nitrogen and oxygen atoms in total. The largest absolute Gasteiger partial charge is 0.298 e. The van der Waals surface area contributed by atoms with Crippen LogP contribution in [0, 0.1) is 0 Å². The Labute approximate surface area is 96.0 Å². The topological polar surface area (TPSA) is 70.9 Å². The minimum Gasteiger partial charge on any atom is -0.298 e. The summed E-state index contributed by atoms with van der Waals surface area (Å²) in [6.45, 7) is 7.39. The molecule has 0 radical (unpaired) electrons. The first-order valence-electron chi connectivity index (χ1n) is 5.21. The maximum absolute atomic E-state index is 11.3. The van der Waals surface area contributed by atoms with Crippen molar-refractivity contribution in [3.63, 3.8) is 0 Å². The van der Waals surface area contributed by atoms with E-state index in [0.29, 0.717) is 0 Å². The van der Waals surface area contributed by atoms with Crippen molar-refractivity contribution >= 4 is 23.1 Å². The molecule has 0 aromatic heterocycles. The second-order valence-electron chi connectivity index (χ2n) is 3.90. The van der Waals surface area contributed by atoms with Gasteiger partial charge < -0.3 is 0 Å². The first-order chi connectivity index (χ1) is 7.41. The molecule has 0 saturated carbocycles. The fourth-order valence-corrected chi connectivity index (χ4v) is 0.808. The lowest BCUT2D eigenvalue weighted by Gasteiger charge is -1.99. The van der Waals surface area contributed by atoms with Crippen LogP contribution in [0.25, 0.3) is 0 Å². The first kappa shape index (κ1) is 14.5. The number of Topliss-reactive ketones (excluding diaryl/α,β-unsaturated/α-hetero) is 1. The van der Waals surface area contributed by atoms with Crippen LogP contribution < -0.4 is 5.43 Å². The Hall–Kier alpha value is -1.52. The van der Waals surface area contributed by atoms with Gasteiger partial charge in [0.15, 0.2) is 5.78 Å². The minimum absolute atomic E-state index is 0.0337. The van der Waals surface area contributed by atoms with Crippen molar-refractivity contribution in [2.24, 2.45) is 10.1 Å². The molecule has 16 heavy (non-hydrogen) atoms. The molecule has 0 aromatic carbocycles. The van der Waals surface area contributed by atoms with Crippen molar-refractivity contribution in [2.45, 2.75) is 40.5 Å². The zero-order chi connectivity index (χ0) is 12.6. The fourth-order valence-electron chi connectivity index (χ4n) is 0.808. The zero-order valence-corrected chi connectivity index (χ0v) is 10.3. The molecular formula is C11H19N3O2. The molecule has 0 spiro atoms. The Morgan fingerprint density at radius 3 is 2.12 bits per heavy atom. The van der Waals surface area contributed by atoms with Crippen LogP contribution in [0.3, 0.4) is 0 Å². The third-order valence-electron chi connectivity index (χ3n) is 1.61. The van der Waals surface area contributed by atoms with E-state index in [1.54, 1.807) is 13.8 Å². The van der Waals surface area contributed by atoms with Gasteiger partial charge in [0.2, 0.25) is 5.91 Å². The summed E-state index contributed by atoms with van der Waals surface area (Å²) in [7, 11) is 0. The molecule has 0 unspecified atom stereocenters. The smallest absolute Gasteiger partial charge is 0.240 e. The highest BCUT2D eigenvalue weighted by Crippen LogP contribution is 1.93. The summed E-state index contributed by atoms with van der Waals surface area (Å²) in [5, 5.41) is 3.75. The van der Waals surface area contributed by atoms with E-state index >= 15 is 0 Å². The van der Waals surface area contributed by atoms with E-state index in [1.807, 2.05) is 13.8 Å². The van der Waals surface area contributed by atoms with Crippen LogP contribution in [0.1, 0.15) is 40.5 Å². The number of ketones is 1. The number of carbonyl (C=O) groups excluding carboxylic acids is 2. The van der Waals surface area contributed by atoms with E-state index in [4.69, 9.17) is 0 Å². The van der Waals surface area contributed by atoms with E-state index in [1.165, 1.54) is 0 Å². The number of aliphatic imine (C=N–C) groups is 1. The van der Waals surface area contributed by atoms with Crippen molar-refractivity contribution in [2.75, 3.05) is 6.54 Å². The predicted octanol–water partition coefficient (Wildman–Crippen LogP) is 1.33. The number of nitrogens with zero attached hydrogens (tertiary/aromatic N) is 2. The van der Waals surface area contributed by atoms with Gasteiger partial charge in [-0.25, -0.2) is 5.43 Å². The van der Waals surface area contributed by atoms with Gasteiger partial charge in [-0.2, -0.15) is 5.10 Å². The quantitative estimate of drug-likeness (QED) is 0.547. The van der Waals surface area contributed by atoms with Gasteiger partial charge in [0.1, 0.15) is 0 Å². The van der Waals surface area contributed by atoms with Crippen LogP contribution in [0.2, 0.25) is 0 Å². The van der Waals surface area contributed by atoms with Crippen LogP contribution in [-0.2, 0) is 9.59 Å². The van der Waals surface area contributed by atoms with Gasteiger partial charge in [0, 0.05) is 24.3 Å². The maximum atomic E-state index is 11.3. The molecule has 1 amide bonds. The van der Waals surface area contributed by atoms with E-state index in [0.717, 1.165) is 11.4 Å². The molecule has 0 aliphatic rings. The fraction of sp³-hybridized carbons (Fsp3) is 0.636. The monoisotopic (exact) mass is 225 g/mol. The Bertz CT molecular complexity index is 279. The normalized spacial score (nSPS) is 9.25. The maximum Gasteiger partial charge on any atom is 0.240 e. The summed E-state index contributed by atoms with van der Waals surface area (Å²) in [5.74, 6) is -0.277. The van der Waals surface area contributed by atoms with Crippen LogP contribution in [-0.4, -0.2) is 29.7 Å². The zero-order valence-electron chi connectivity index (χ0n) is 10.3. The molecule has 0 aromatic rings. The van der Waals surface area contributed by atoms with E-state index < -0.39 is 0 Å². The van der Waals surface area contributed by atoms with E-state index in [-0.39, 0.29) is 31.1 Å². The highest BCUT2D eigenvalue weighted by molar-refractivity contribution is 5.89. The Kier molecular flexibility index (Phi) is 7.00. The van der Waals surface area contributed by atoms with Gasteiger partial charge in [-0.15, -0.1) is 0 Å². The van der Waals surface area contributed by atoms with Crippen LogP contribution in [0.5, 0.6) is 0 Å². The number of carbonyl (C=O) groups is 2. The lowest BCUT2D eigenvalue weighted by Crippen LogP contribution is -2.19. The van der Waals surface area contributed by atoms with Crippen molar-refractivity contribution < 1.29 is 9.59 Å². The van der Waals surface area contributed by atoms with Crippen LogP contribution in [0.4, 0.5) is 0 Å². The van der Waals surface area contributed by atoms with Crippen molar-refractivity contribution in [3.05, 3.63) is 0 Å². The number of rotatable bonds is 6. The molecule has 0 atom stereocenters. The molecule has 0 saturated heterocycles. The van der Waals surface area contributed by atoms with E-state index in [2.05, 4.69) is 15.5 Å². The van der Waals surface area contributed by atoms with Crippen molar-refractivity contribution in [3.8, 4) is 0 Å². The molecule has 0 aliphatic heterocycles. The van der Waals surface area contributed by atoms with Crippen molar-refractivity contribution in [1.82, 2.24) is 5.43 Å². The third-order valence-corrected chi connectivity index (χ3v) is 1.61. The summed E-state index contributed by atoms with van der Waals surface area (Å²) in [5.41, 5.74) is 4.00. The highest BCUT2D eigenvalue weighted by atomic mass is 16.2. The van der Waals surface area contributed by atoms with Gasteiger partial charge in [-0.1, -0.05) is 0 Å². The summed E-state index contributed by atoms with van der Waals surface area (Å²) in [6, 6.07) is 0. The van der Waals surface area contributed by atoms with Gasteiger partial charge in [0.05, 0.1) is 6.54 Å². The number of nitrogens with one attached hydrogen (secondary N) is 1. The van der Waals surface area contributed by atoms with E-state index in [9.17, 15) is 9.59 Å². The molecule has 0 aliphatic carbocycles. The Balaban J connectivity index is 3.80. The molecule has 90 valence electrons. The van der Waals surface area contributed by atoms with Gasteiger partial charge in [-0.3, -0.25) is 14.6 Å². The van der Waals surface area contributed by atoms with Gasteiger partial charge in [0.25, 0.3) is 0 Å². The average Bonchev–Trinajstić information content (AvgIpc) is 2.20. The summed E-state index contributed by atoms with van der Waals surface area (Å²) in [4.78, 5) is 26.4. The standard InChI is InChI=1S/C11H19N3O2/c1-8(2)12-7-10(15)5-6-11(16)14-13-9(3)4/h5-7H2,1-4H3,(H,14,16). The first-order valence-corrected chi connectivity index (χ1v) is 5.21. The number of amides is 1. The van der Waals surface area contributed by atoms with Crippen molar-refractivity contribution in [1.29, 1.82) is 0 Å². The molecule has 5 heteroatoms. The Morgan fingerprint density at radius 1 is 1.00 bits per heavy atom. The molecule has 0 fully saturated rings. The molecule has 0 bridgehead atoms.